The molecule has 4 aromatic rings. The van der Waals surface area contributed by atoms with E-state index in [1.165, 1.54) is 0 Å². The van der Waals surface area contributed by atoms with Crippen molar-refractivity contribution in [1.82, 2.24) is 25.0 Å². The smallest absolute Gasteiger partial charge is 0.255 e. The lowest BCUT2D eigenvalue weighted by molar-refractivity contribution is 0.0783. The zero-order valence-corrected chi connectivity index (χ0v) is 22.4. The molecule has 1 aliphatic heterocycles. The molecule has 3 N–H and O–H groups in total. The van der Waals surface area contributed by atoms with Gasteiger partial charge in [0, 0.05) is 60.8 Å². The van der Waals surface area contributed by atoms with Gasteiger partial charge in [0.15, 0.2) is 0 Å². The molecule has 0 spiro atoms. The Bertz CT molecular complexity index is 1550. The first kappa shape index (κ1) is 25.8. The summed E-state index contributed by atoms with van der Waals surface area (Å²) in [4.78, 5) is 32.2. The summed E-state index contributed by atoms with van der Waals surface area (Å²) < 4.78 is 1.68. The van der Waals surface area contributed by atoms with E-state index in [1.807, 2.05) is 44.4 Å². The molecule has 1 atom stereocenters. The number of hydrogen-bond acceptors (Lipinski definition) is 5. The van der Waals surface area contributed by atoms with Gasteiger partial charge in [-0.1, -0.05) is 41.4 Å². The predicted molar refractivity (Wildman–Crippen MR) is 149 cm³/mol. The number of carbonyl (C=O) groups is 2. The van der Waals surface area contributed by atoms with Crippen LogP contribution in [0.1, 0.15) is 32.7 Å². The standard InChI is InChI=1S/C28H26Cl2N6O2/c1-16-10-17(6-7-21(16)22-4-3-5-24(29)25(22)30)28(38)36-9-8-20(15-36)34-27(37)23-11-18(12-32-26(23)31)19-13-33-35(2)14-19/h3-7,10-14,20H,8-9,15H2,1-2H3,(H2,31,32)(H,34,37)/t20-/m1/s1. The number of rotatable bonds is 5. The van der Waals surface area contributed by atoms with E-state index in [4.69, 9.17) is 28.9 Å². The normalized spacial score (nSPS) is 15.1. The fourth-order valence-corrected chi connectivity index (χ4v) is 5.11. The largest absolute Gasteiger partial charge is 0.383 e. The van der Waals surface area contributed by atoms with Crippen LogP contribution in [0.2, 0.25) is 10.0 Å². The Balaban J connectivity index is 1.26. The first-order valence-electron chi connectivity index (χ1n) is 12.1. The Hall–Kier alpha value is -3.88. The van der Waals surface area contributed by atoms with Crippen LogP contribution in [0.4, 0.5) is 5.82 Å². The predicted octanol–water partition coefficient (Wildman–Crippen LogP) is 4.99. The molecule has 0 saturated carbocycles. The lowest BCUT2D eigenvalue weighted by Gasteiger charge is -2.18. The number of hydrogen-bond donors (Lipinski definition) is 2. The second kappa shape index (κ2) is 10.5. The van der Waals surface area contributed by atoms with Gasteiger partial charge in [-0.05, 0) is 48.7 Å². The number of amides is 2. The van der Waals surface area contributed by atoms with Crippen molar-refractivity contribution in [3.63, 3.8) is 0 Å². The quantitative estimate of drug-likeness (QED) is 0.365. The first-order valence-corrected chi connectivity index (χ1v) is 12.9. The molecule has 38 heavy (non-hydrogen) atoms. The summed E-state index contributed by atoms with van der Waals surface area (Å²) in [5.41, 5.74) is 11.1. The van der Waals surface area contributed by atoms with E-state index in [9.17, 15) is 9.59 Å². The zero-order chi connectivity index (χ0) is 27.0. The summed E-state index contributed by atoms with van der Waals surface area (Å²) in [6.07, 6.45) is 5.80. The maximum atomic E-state index is 13.3. The number of likely N-dealkylation sites (tertiary alicyclic amines) is 1. The van der Waals surface area contributed by atoms with Gasteiger partial charge < -0.3 is 16.0 Å². The highest BCUT2D eigenvalue weighted by Gasteiger charge is 2.29. The Labute approximate surface area is 230 Å². The van der Waals surface area contributed by atoms with Crippen LogP contribution >= 0.6 is 23.2 Å². The molecule has 3 heterocycles. The van der Waals surface area contributed by atoms with Gasteiger partial charge in [-0.2, -0.15) is 5.10 Å². The fraction of sp³-hybridized carbons (Fsp3) is 0.214. The maximum Gasteiger partial charge on any atom is 0.255 e. The van der Waals surface area contributed by atoms with Crippen molar-refractivity contribution < 1.29 is 9.59 Å². The molecule has 1 saturated heterocycles. The van der Waals surface area contributed by atoms with Crippen LogP contribution in [0.15, 0.2) is 61.1 Å². The summed E-state index contributed by atoms with van der Waals surface area (Å²) in [7, 11) is 1.82. The van der Waals surface area contributed by atoms with E-state index in [-0.39, 0.29) is 23.7 Å². The lowest BCUT2D eigenvalue weighted by Crippen LogP contribution is -2.38. The highest BCUT2D eigenvalue weighted by molar-refractivity contribution is 6.43. The van der Waals surface area contributed by atoms with Crippen LogP contribution in [0, 0.1) is 6.92 Å². The Morgan fingerprint density at radius 3 is 2.63 bits per heavy atom. The molecule has 194 valence electrons. The molecular formula is C28H26Cl2N6O2. The number of pyridine rings is 1. The van der Waals surface area contributed by atoms with Crippen molar-refractivity contribution >= 4 is 40.8 Å². The summed E-state index contributed by atoms with van der Waals surface area (Å²) in [5, 5.41) is 8.14. The van der Waals surface area contributed by atoms with Gasteiger partial charge in [0.1, 0.15) is 5.82 Å². The van der Waals surface area contributed by atoms with Crippen LogP contribution in [0.3, 0.4) is 0 Å². The number of nitrogen functional groups attached to an aromatic ring is 1. The molecule has 0 radical (unpaired) electrons. The van der Waals surface area contributed by atoms with Crippen molar-refractivity contribution in [2.24, 2.45) is 7.05 Å². The Morgan fingerprint density at radius 2 is 1.89 bits per heavy atom. The molecule has 0 aliphatic carbocycles. The van der Waals surface area contributed by atoms with E-state index in [2.05, 4.69) is 15.4 Å². The van der Waals surface area contributed by atoms with Gasteiger partial charge in [0.25, 0.3) is 11.8 Å². The van der Waals surface area contributed by atoms with Crippen LogP contribution in [-0.2, 0) is 7.05 Å². The molecule has 10 heteroatoms. The molecule has 0 bridgehead atoms. The first-order chi connectivity index (χ1) is 18.2. The zero-order valence-electron chi connectivity index (χ0n) is 20.9. The molecule has 2 amide bonds. The third-order valence-electron chi connectivity index (χ3n) is 6.73. The van der Waals surface area contributed by atoms with Gasteiger partial charge in [-0.15, -0.1) is 0 Å². The van der Waals surface area contributed by atoms with Crippen molar-refractivity contribution in [2.75, 3.05) is 18.8 Å². The number of nitrogens with one attached hydrogen (secondary N) is 1. The lowest BCUT2D eigenvalue weighted by atomic mass is 9.98. The Morgan fingerprint density at radius 1 is 1.08 bits per heavy atom. The number of aryl methyl sites for hydroxylation is 2. The monoisotopic (exact) mass is 548 g/mol. The number of benzene rings is 2. The van der Waals surface area contributed by atoms with Crippen LogP contribution in [0.5, 0.6) is 0 Å². The average Bonchev–Trinajstić information content (AvgIpc) is 3.55. The van der Waals surface area contributed by atoms with Gasteiger partial charge in [-0.3, -0.25) is 14.3 Å². The Kier molecular flexibility index (Phi) is 7.10. The van der Waals surface area contributed by atoms with Crippen molar-refractivity contribution in [1.29, 1.82) is 0 Å². The third-order valence-corrected chi connectivity index (χ3v) is 7.55. The van der Waals surface area contributed by atoms with E-state index >= 15 is 0 Å². The maximum absolute atomic E-state index is 13.3. The van der Waals surface area contributed by atoms with Crippen molar-refractivity contribution in [3.05, 3.63) is 87.8 Å². The molecule has 1 aliphatic rings. The van der Waals surface area contributed by atoms with E-state index in [0.717, 1.165) is 27.8 Å². The number of nitrogens with two attached hydrogens (primary N) is 1. The average molecular weight is 549 g/mol. The van der Waals surface area contributed by atoms with E-state index < -0.39 is 0 Å². The number of aromatic nitrogens is 3. The van der Waals surface area contributed by atoms with Crippen LogP contribution < -0.4 is 11.1 Å². The van der Waals surface area contributed by atoms with Crippen LogP contribution in [-0.4, -0.2) is 50.6 Å². The van der Waals surface area contributed by atoms with E-state index in [1.54, 1.807) is 40.2 Å². The van der Waals surface area contributed by atoms with Gasteiger partial charge in [0.2, 0.25) is 0 Å². The highest BCUT2D eigenvalue weighted by Crippen LogP contribution is 2.35. The molecule has 2 aromatic carbocycles. The molecule has 5 rings (SSSR count). The van der Waals surface area contributed by atoms with Gasteiger partial charge in [-0.25, -0.2) is 4.98 Å². The fourth-order valence-electron chi connectivity index (χ4n) is 4.70. The summed E-state index contributed by atoms with van der Waals surface area (Å²) in [5.74, 6) is -0.261. The molecule has 8 nitrogen and oxygen atoms in total. The molecular weight excluding hydrogens is 523 g/mol. The second-order valence-electron chi connectivity index (χ2n) is 9.40. The van der Waals surface area contributed by atoms with Gasteiger partial charge in [0.05, 0.1) is 21.8 Å². The number of anilines is 1. The topological polar surface area (TPSA) is 106 Å². The minimum Gasteiger partial charge on any atom is -0.383 e. The molecule has 2 aromatic heterocycles. The van der Waals surface area contributed by atoms with Crippen molar-refractivity contribution in [2.45, 2.75) is 19.4 Å². The minimum absolute atomic E-state index is 0.0895. The van der Waals surface area contributed by atoms with E-state index in [0.29, 0.717) is 40.7 Å². The summed E-state index contributed by atoms with van der Waals surface area (Å²) >= 11 is 12.6. The third kappa shape index (κ3) is 5.10. The summed E-state index contributed by atoms with van der Waals surface area (Å²) in [6.45, 7) is 2.88. The molecule has 1 fully saturated rings. The number of nitrogens with zero attached hydrogens (tertiary/aromatic N) is 4. The van der Waals surface area contributed by atoms with Crippen LogP contribution in [0.25, 0.3) is 22.3 Å². The second-order valence-corrected chi connectivity index (χ2v) is 10.2. The minimum atomic E-state index is -0.321. The van der Waals surface area contributed by atoms with Gasteiger partial charge >= 0.3 is 0 Å². The summed E-state index contributed by atoms with van der Waals surface area (Å²) in [6, 6.07) is 12.6. The number of carbonyl (C=O) groups excluding carboxylic acids is 2. The van der Waals surface area contributed by atoms with Crippen molar-refractivity contribution in [3.8, 4) is 22.3 Å². The number of halogens is 2. The SMILES string of the molecule is Cc1cc(C(=O)N2CC[C@@H](NC(=O)c3cc(-c4cnn(C)c4)cnc3N)C2)ccc1-c1cccc(Cl)c1Cl. The molecule has 0 unspecified atom stereocenters. The highest BCUT2D eigenvalue weighted by atomic mass is 35.5.